The zero-order valence-electron chi connectivity index (χ0n) is 11.5. The molecule has 0 radical (unpaired) electrons. The fourth-order valence-corrected chi connectivity index (χ4v) is 2.18. The van der Waals surface area contributed by atoms with E-state index in [-0.39, 0.29) is 16.6 Å². The van der Waals surface area contributed by atoms with Crippen molar-refractivity contribution in [2.45, 2.75) is 13.8 Å². The summed E-state index contributed by atoms with van der Waals surface area (Å²) in [7, 11) is 0. The van der Waals surface area contributed by atoms with E-state index in [0.717, 1.165) is 11.1 Å². The minimum absolute atomic E-state index is 0.0320. The van der Waals surface area contributed by atoms with Crippen LogP contribution in [-0.4, -0.2) is 10.8 Å². The normalized spacial score (nSPS) is 10.2. The van der Waals surface area contributed by atoms with Crippen molar-refractivity contribution in [3.8, 4) is 0 Å². The number of nitro groups is 1. The number of aryl methyl sites for hydroxylation is 2. The Labute approximate surface area is 126 Å². The van der Waals surface area contributed by atoms with Crippen LogP contribution < -0.4 is 5.32 Å². The topological polar surface area (TPSA) is 72.2 Å². The number of anilines is 1. The van der Waals surface area contributed by atoms with Crippen molar-refractivity contribution < 1.29 is 9.72 Å². The molecule has 0 unspecified atom stereocenters. The van der Waals surface area contributed by atoms with E-state index >= 15 is 0 Å². The molecule has 0 saturated carbocycles. The Morgan fingerprint density at radius 1 is 1.19 bits per heavy atom. The number of carbonyl (C=O) groups is 1. The van der Waals surface area contributed by atoms with Crippen molar-refractivity contribution in [3.05, 3.63) is 68.2 Å². The summed E-state index contributed by atoms with van der Waals surface area (Å²) in [5.41, 5.74) is 2.52. The largest absolute Gasteiger partial charge is 0.322 e. The van der Waals surface area contributed by atoms with Crippen LogP contribution >= 0.6 is 11.6 Å². The zero-order chi connectivity index (χ0) is 15.6. The smallest absolute Gasteiger partial charge is 0.289 e. The number of nitro benzene ring substituents is 1. The minimum Gasteiger partial charge on any atom is -0.322 e. The van der Waals surface area contributed by atoms with Gasteiger partial charge in [-0.05, 0) is 37.6 Å². The maximum Gasteiger partial charge on any atom is 0.289 e. The van der Waals surface area contributed by atoms with E-state index in [1.807, 2.05) is 26.0 Å². The van der Waals surface area contributed by atoms with Gasteiger partial charge in [0.15, 0.2) is 0 Å². The second-order valence-electron chi connectivity index (χ2n) is 4.70. The lowest BCUT2D eigenvalue weighted by Gasteiger charge is -2.08. The average Bonchev–Trinajstić information content (AvgIpc) is 2.40. The van der Waals surface area contributed by atoms with Gasteiger partial charge in [0.05, 0.1) is 4.92 Å². The quantitative estimate of drug-likeness (QED) is 0.685. The molecule has 1 amide bonds. The van der Waals surface area contributed by atoms with Gasteiger partial charge in [-0.3, -0.25) is 14.9 Å². The van der Waals surface area contributed by atoms with E-state index in [9.17, 15) is 14.9 Å². The highest BCUT2D eigenvalue weighted by Gasteiger charge is 2.15. The molecule has 21 heavy (non-hydrogen) atoms. The zero-order valence-corrected chi connectivity index (χ0v) is 12.3. The first-order valence-corrected chi connectivity index (χ1v) is 6.59. The van der Waals surface area contributed by atoms with Crippen LogP contribution in [0, 0.1) is 24.0 Å². The summed E-state index contributed by atoms with van der Waals surface area (Å²) in [6, 6.07) is 9.62. The van der Waals surface area contributed by atoms with Gasteiger partial charge >= 0.3 is 0 Å². The first-order valence-electron chi connectivity index (χ1n) is 6.21. The number of nitrogens with one attached hydrogen (secondary N) is 1. The number of nitrogens with zero attached hydrogens (tertiary/aromatic N) is 1. The predicted octanol–water partition coefficient (Wildman–Crippen LogP) is 4.12. The second kappa shape index (κ2) is 5.93. The Bertz CT molecular complexity index is 729. The summed E-state index contributed by atoms with van der Waals surface area (Å²) >= 11 is 5.73. The molecule has 0 saturated heterocycles. The van der Waals surface area contributed by atoms with Crippen LogP contribution in [0.4, 0.5) is 11.4 Å². The van der Waals surface area contributed by atoms with Crippen molar-refractivity contribution >= 4 is 28.9 Å². The van der Waals surface area contributed by atoms with Gasteiger partial charge in [-0.15, -0.1) is 0 Å². The van der Waals surface area contributed by atoms with Gasteiger partial charge in [0, 0.05) is 17.3 Å². The fraction of sp³-hybridized carbons (Fsp3) is 0.133. The Morgan fingerprint density at radius 2 is 1.90 bits per heavy atom. The average molecular weight is 305 g/mol. The number of halogens is 1. The van der Waals surface area contributed by atoms with Crippen LogP contribution in [0.15, 0.2) is 36.4 Å². The van der Waals surface area contributed by atoms with Crippen molar-refractivity contribution in [3.63, 3.8) is 0 Å². The molecule has 1 N–H and O–H groups in total. The lowest BCUT2D eigenvalue weighted by molar-refractivity contribution is -0.384. The van der Waals surface area contributed by atoms with Crippen molar-refractivity contribution in [1.82, 2.24) is 0 Å². The van der Waals surface area contributed by atoms with E-state index in [1.54, 1.807) is 6.07 Å². The lowest BCUT2D eigenvalue weighted by Crippen LogP contribution is -2.13. The van der Waals surface area contributed by atoms with E-state index in [4.69, 9.17) is 11.6 Å². The highest BCUT2D eigenvalue weighted by Crippen LogP contribution is 2.27. The van der Waals surface area contributed by atoms with Gasteiger partial charge in [-0.2, -0.15) is 0 Å². The van der Waals surface area contributed by atoms with Crippen molar-refractivity contribution in [1.29, 1.82) is 0 Å². The third kappa shape index (κ3) is 3.38. The molecule has 0 aliphatic rings. The predicted molar refractivity (Wildman–Crippen MR) is 82.0 cm³/mol. The maximum absolute atomic E-state index is 12.2. The molecule has 0 spiro atoms. The summed E-state index contributed by atoms with van der Waals surface area (Å²) in [6.45, 7) is 3.78. The number of rotatable bonds is 3. The number of carbonyl (C=O) groups excluding carboxylic acids is 1. The van der Waals surface area contributed by atoms with Gasteiger partial charge in [0.1, 0.15) is 5.02 Å². The molecule has 0 fully saturated rings. The van der Waals surface area contributed by atoms with Crippen LogP contribution in [0.5, 0.6) is 0 Å². The molecule has 108 valence electrons. The number of benzene rings is 2. The SMILES string of the molecule is Cc1ccc(C(=O)Nc2ccc(Cl)c([N+](=O)[O-])c2)c(C)c1. The number of hydrogen-bond donors (Lipinski definition) is 1. The molecular formula is C15H13ClN2O3. The van der Waals surface area contributed by atoms with E-state index in [0.29, 0.717) is 11.3 Å². The minimum atomic E-state index is -0.588. The highest BCUT2D eigenvalue weighted by atomic mass is 35.5. The first kappa shape index (κ1) is 15.0. The first-order chi connectivity index (χ1) is 9.88. The maximum atomic E-state index is 12.2. The van der Waals surface area contributed by atoms with Crippen molar-refractivity contribution in [2.75, 3.05) is 5.32 Å². The highest BCUT2D eigenvalue weighted by molar-refractivity contribution is 6.32. The van der Waals surface area contributed by atoms with Crippen molar-refractivity contribution in [2.24, 2.45) is 0 Å². The van der Waals surface area contributed by atoms with Gasteiger partial charge in [-0.1, -0.05) is 29.3 Å². The molecule has 2 aromatic rings. The summed E-state index contributed by atoms with van der Waals surface area (Å²) in [5, 5.41) is 13.5. The van der Waals surface area contributed by atoms with Crippen LogP contribution in [0.1, 0.15) is 21.5 Å². The van der Waals surface area contributed by atoms with Gasteiger partial charge < -0.3 is 5.32 Å². The fourth-order valence-electron chi connectivity index (χ4n) is 2.00. The molecular weight excluding hydrogens is 292 g/mol. The summed E-state index contributed by atoms with van der Waals surface area (Å²) in [4.78, 5) is 22.4. The van der Waals surface area contributed by atoms with Crippen LogP contribution in [0.3, 0.4) is 0 Å². The molecule has 2 rings (SSSR count). The molecule has 2 aromatic carbocycles. The molecule has 5 nitrogen and oxygen atoms in total. The molecule has 0 heterocycles. The van der Waals surface area contributed by atoms with Crippen LogP contribution in [-0.2, 0) is 0 Å². The van der Waals surface area contributed by atoms with Gasteiger partial charge in [0.2, 0.25) is 0 Å². The third-order valence-electron chi connectivity index (χ3n) is 3.03. The molecule has 0 bridgehead atoms. The number of amides is 1. The molecule has 0 aromatic heterocycles. The van der Waals surface area contributed by atoms with E-state index in [2.05, 4.69) is 5.32 Å². The van der Waals surface area contributed by atoms with Crippen LogP contribution in [0.25, 0.3) is 0 Å². The van der Waals surface area contributed by atoms with Gasteiger partial charge in [-0.25, -0.2) is 0 Å². The molecule has 6 heteroatoms. The van der Waals surface area contributed by atoms with E-state index in [1.165, 1.54) is 18.2 Å². The second-order valence-corrected chi connectivity index (χ2v) is 5.10. The molecule has 0 aliphatic carbocycles. The Kier molecular flexibility index (Phi) is 4.23. The standard InChI is InChI=1S/C15H13ClN2O3/c1-9-3-5-12(10(2)7-9)15(19)17-11-4-6-13(16)14(8-11)18(20)21/h3-8H,1-2H3,(H,17,19). The third-order valence-corrected chi connectivity index (χ3v) is 3.35. The Balaban J connectivity index is 2.27. The van der Waals surface area contributed by atoms with Crippen LogP contribution in [0.2, 0.25) is 5.02 Å². The Morgan fingerprint density at radius 3 is 2.52 bits per heavy atom. The lowest BCUT2D eigenvalue weighted by atomic mass is 10.1. The summed E-state index contributed by atoms with van der Waals surface area (Å²) in [5.74, 6) is -0.316. The number of hydrogen-bond acceptors (Lipinski definition) is 3. The van der Waals surface area contributed by atoms with Gasteiger partial charge in [0.25, 0.3) is 11.6 Å². The molecule has 0 atom stereocenters. The monoisotopic (exact) mass is 304 g/mol. The van der Waals surface area contributed by atoms with E-state index < -0.39 is 4.92 Å². The summed E-state index contributed by atoms with van der Waals surface area (Å²) < 4.78 is 0. The summed E-state index contributed by atoms with van der Waals surface area (Å²) in [6.07, 6.45) is 0. The Hall–Kier alpha value is -2.40. The molecule has 0 aliphatic heterocycles.